The van der Waals surface area contributed by atoms with Crippen LogP contribution in [0.5, 0.6) is 0 Å². The summed E-state index contributed by atoms with van der Waals surface area (Å²) in [5, 5.41) is 0. The summed E-state index contributed by atoms with van der Waals surface area (Å²) in [6.45, 7) is 6.28. The van der Waals surface area contributed by atoms with E-state index in [0.29, 0.717) is 6.04 Å². The van der Waals surface area contributed by atoms with Gasteiger partial charge in [-0.15, -0.1) is 0 Å². The molecule has 90 valence electrons. The monoisotopic (exact) mass is 222 g/mol. The lowest BCUT2D eigenvalue weighted by atomic mass is 10.2. The van der Waals surface area contributed by atoms with Gasteiger partial charge in [-0.1, -0.05) is 0 Å². The van der Waals surface area contributed by atoms with Crippen LogP contribution in [0.25, 0.3) is 0 Å². The Bertz CT molecular complexity index is 325. The summed E-state index contributed by atoms with van der Waals surface area (Å²) in [5.41, 5.74) is 6.54. The predicted molar refractivity (Wildman–Crippen MR) is 69.7 cm³/mol. The van der Waals surface area contributed by atoms with Crippen molar-refractivity contribution in [1.29, 1.82) is 0 Å². The lowest BCUT2D eigenvalue weighted by Gasteiger charge is -2.31. The van der Waals surface area contributed by atoms with E-state index < -0.39 is 0 Å². The zero-order valence-electron chi connectivity index (χ0n) is 10.6. The SMILES string of the molecule is CCN(c1cc(N)ccn1)C(C)CN(C)C. The van der Waals surface area contributed by atoms with Crippen LogP contribution in [0.2, 0.25) is 0 Å². The first kappa shape index (κ1) is 12.8. The molecule has 0 aliphatic carbocycles. The van der Waals surface area contributed by atoms with E-state index in [-0.39, 0.29) is 0 Å². The number of pyridine rings is 1. The molecule has 16 heavy (non-hydrogen) atoms. The van der Waals surface area contributed by atoms with Crippen molar-refractivity contribution in [1.82, 2.24) is 9.88 Å². The number of nitrogens with zero attached hydrogens (tertiary/aromatic N) is 3. The summed E-state index contributed by atoms with van der Waals surface area (Å²) >= 11 is 0. The van der Waals surface area contributed by atoms with Crippen LogP contribution in [0.15, 0.2) is 18.3 Å². The summed E-state index contributed by atoms with van der Waals surface area (Å²) in [6.07, 6.45) is 1.76. The van der Waals surface area contributed by atoms with Crippen molar-refractivity contribution in [3.8, 4) is 0 Å². The van der Waals surface area contributed by atoms with Gasteiger partial charge in [0.25, 0.3) is 0 Å². The van der Waals surface area contributed by atoms with Crippen LogP contribution >= 0.6 is 0 Å². The van der Waals surface area contributed by atoms with E-state index in [1.54, 1.807) is 6.20 Å². The van der Waals surface area contributed by atoms with Gasteiger partial charge in [0, 0.05) is 37.1 Å². The minimum atomic E-state index is 0.425. The molecular weight excluding hydrogens is 200 g/mol. The Morgan fingerprint density at radius 2 is 2.12 bits per heavy atom. The van der Waals surface area contributed by atoms with E-state index in [1.807, 2.05) is 12.1 Å². The van der Waals surface area contributed by atoms with E-state index in [0.717, 1.165) is 24.6 Å². The number of rotatable bonds is 5. The van der Waals surface area contributed by atoms with Gasteiger partial charge in [-0.2, -0.15) is 0 Å². The second-order valence-electron chi connectivity index (χ2n) is 4.34. The molecule has 4 heteroatoms. The maximum atomic E-state index is 5.78. The second kappa shape index (κ2) is 5.70. The molecule has 0 aliphatic rings. The molecule has 1 rings (SSSR count). The van der Waals surface area contributed by atoms with E-state index in [1.165, 1.54) is 0 Å². The van der Waals surface area contributed by atoms with Gasteiger partial charge < -0.3 is 15.5 Å². The van der Waals surface area contributed by atoms with Crippen molar-refractivity contribution in [2.45, 2.75) is 19.9 Å². The molecule has 1 aromatic rings. The Balaban J connectivity index is 2.81. The molecule has 4 nitrogen and oxygen atoms in total. The summed E-state index contributed by atoms with van der Waals surface area (Å²) in [6, 6.07) is 4.16. The minimum absolute atomic E-state index is 0.425. The predicted octanol–water partition coefficient (Wildman–Crippen LogP) is 1.44. The summed E-state index contributed by atoms with van der Waals surface area (Å²) in [4.78, 5) is 8.81. The van der Waals surface area contributed by atoms with E-state index >= 15 is 0 Å². The number of anilines is 2. The molecule has 1 atom stereocenters. The normalized spacial score (nSPS) is 12.8. The Hall–Kier alpha value is -1.29. The van der Waals surface area contributed by atoms with Crippen LogP contribution in [0.4, 0.5) is 11.5 Å². The van der Waals surface area contributed by atoms with E-state index in [9.17, 15) is 0 Å². The summed E-state index contributed by atoms with van der Waals surface area (Å²) in [7, 11) is 4.16. The first-order chi connectivity index (χ1) is 7.54. The maximum Gasteiger partial charge on any atom is 0.130 e. The molecule has 0 aliphatic heterocycles. The number of nitrogens with two attached hydrogens (primary N) is 1. The van der Waals surface area contributed by atoms with Gasteiger partial charge in [0.2, 0.25) is 0 Å². The quantitative estimate of drug-likeness (QED) is 0.819. The Kier molecular flexibility index (Phi) is 4.55. The zero-order chi connectivity index (χ0) is 12.1. The number of hydrogen-bond acceptors (Lipinski definition) is 4. The first-order valence-corrected chi connectivity index (χ1v) is 5.67. The Morgan fingerprint density at radius 3 is 2.62 bits per heavy atom. The van der Waals surface area contributed by atoms with Crippen LogP contribution < -0.4 is 10.6 Å². The highest BCUT2D eigenvalue weighted by atomic mass is 15.2. The van der Waals surface area contributed by atoms with Crippen LogP contribution in [-0.4, -0.2) is 43.1 Å². The molecular formula is C12H22N4. The molecule has 1 aromatic heterocycles. The molecule has 2 N–H and O–H groups in total. The van der Waals surface area contributed by atoms with Crippen LogP contribution in [0, 0.1) is 0 Å². The van der Waals surface area contributed by atoms with Crippen molar-refractivity contribution in [2.75, 3.05) is 37.8 Å². The van der Waals surface area contributed by atoms with E-state index in [2.05, 4.69) is 42.7 Å². The summed E-state index contributed by atoms with van der Waals surface area (Å²) < 4.78 is 0. The van der Waals surface area contributed by atoms with Crippen molar-refractivity contribution in [2.24, 2.45) is 0 Å². The van der Waals surface area contributed by atoms with Gasteiger partial charge in [0.05, 0.1) is 0 Å². The molecule has 0 amide bonds. The standard InChI is InChI=1S/C12H22N4/c1-5-16(10(2)9-15(3)4)12-8-11(13)6-7-14-12/h6-8,10H,5,9H2,1-4H3,(H2,13,14). The molecule has 0 bridgehead atoms. The van der Waals surface area contributed by atoms with E-state index in [4.69, 9.17) is 5.73 Å². The van der Waals surface area contributed by atoms with Crippen molar-refractivity contribution in [3.05, 3.63) is 18.3 Å². The number of likely N-dealkylation sites (N-methyl/N-ethyl adjacent to an activating group) is 2. The number of nitrogen functional groups attached to an aromatic ring is 1. The van der Waals surface area contributed by atoms with Gasteiger partial charge in [-0.05, 0) is 34.0 Å². The highest BCUT2D eigenvalue weighted by molar-refractivity contribution is 5.50. The largest absolute Gasteiger partial charge is 0.399 e. The van der Waals surface area contributed by atoms with Gasteiger partial charge in [-0.25, -0.2) is 4.98 Å². The lowest BCUT2D eigenvalue weighted by Crippen LogP contribution is -2.40. The van der Waals surface area contributed by atoms with Gasteiger partial charge >= 0.3 is 0 Å². The lowest BCUT2D eigenvalue weighted by molar-refractivity contribution is 0.372. The number of aromatic nitrogens is 1. The number of hydrogen-bond donors (Lipinski definition) is 1. The van der Waals surface area contributed by atoms with Crippen molar-refractivity contribution < 1.29 is 0 Å². The highest BCUT2D eigenvalue weighted by Gasteiger charge is 2.14. The van der Waals surface area contributed by atoms with Crippen LogP contribution in [0.1, 0.15) is 13.8 Å². The van der Waals surface area contributed by atoms with Gasteiger partial charge in [0.1, 0.15) is 5.82 Å². The molecule has 1 heterocycles. The first-order valence-electron chi connectivity index (χ1n) is 5.67. The second-order valence-corrected chi connectivity index (χ2v) is 4.34. The minimum Gasteiger partial charge on any atom is -0.399 e. The zero-order valence-corrected chi connectivity index (χ0v) is 10.6. The average molecular weight is 222 g/mol. The van der Waals surface area contributed by atoms with Crippen molar-refractivity contribution >= 4 is 11.5 Å². The fourth-order valence-corrected chi connectivity index (χ4v) is 1.92. The van der Waals surface area contributed by atoms with Gasteiger partial charge in [0.15, 0.2) is 0 Å². The molecule has 0 fully saturated rings. The average Bonchev–Trinajstić information content (AvgIpc) is 2.17. The molecule has 0 spiro atoms. The molecule has 0 saturated carbocycles. The summed E-state index contributed by atoms with van der Waals surface area (Å²) in [5.74, 6) is 0.955. The molecule has 0 saturated heterocycles. The third-order valence-electron chi connectivity index (χ3n) is 2.57. The maximum absolute atomic E-state index is 5.78. The Morgan fingerprint density at radius 1 is 1.44 bits per heavy atom. The fraction of sp³-hybridized carbons (Fsp3) is 0.583. The molecule has 0 aromatic carbocycles. The topological polar surface area (TPSA) is 45.4 Å². The van der Waals surface area contributed by atoms with Crippen LogP contribution in [0.3, 0.4) is 0 Å². The molecule has 0 radical (unpaired) electrons. The third kappa shape index (κ3) is 3.38. The van der Waals surface area contributed by atoms with Crippen LogP contribution in [-0.2, 0) is 0 Å². The van der Waals surface area contributed by atoms with Crippen molar-refractivity contribution in [3.63, 3.8) is 0 Å². The third-order valence-corrected chi connectivity index (χ3v) is 2.57. The Labute approximate surface area is 98.1 Å². The fourth-order valence-electron chi connectivity index (χ4n) is 1.92. The smallest absolute Gasteiger partial charge is 0.130 e. The van der Waals surface area contributed by atoms with Gasteiger partial charge in [-0.3, -0.25) is 0 Å². The molecule has 1 unspecified atom stereocenters. The highest BCUT2D eigenvalue weighted by Crippen LogP contribution is 2.16.